The molecule has 1 unspecified atom stereocenters. The second-order valence-electron chi connectivity index (χ2n) is 9.03. The normalized spacial score (nSPS) is 18.5. The highest BCUT2D eigenvalue weighted by Gasteiger charge is 2.48. The topological polar surface area (TPSA) is 91.8 Å². The van der Waals surface area contributed by atoms with E-state index in [1.807, 2.05) is 12.1 Å². The van der Waals surface area contributed by atoms with Gasteiger partial charge in [0.1, 0.15) is 0 Å². The number of fused-ring (bicyclic) bond motifs is 2. The minimum atomic E-state index is -1.01. The van der Waals surface area contributed by atoms with Gasteiger partial charge in [-0.1, -0.05) is 23.7 Å². The molecule has 1 aromatic heterocycles. The molecular formula is C23H24ClN3O4. The van der Waals surface area contributed by atoms with Gasteiger partial charge in [0, 0.05) is 18.5 Å². The number of amides is 2. The summed E-state index contributed by atoms with van der Waals surface area (Å²) in [4.78, 5) is 32.5. The summed E-state index contributed by atoms with van der Waals surface area (Å²) in [5.41, 5.74) is 1.77. The maximum atomic E-state index is 13.4. The minimum absolute atomic E-state index is 0.167. The van der Waals surface area contributed by atoms with E-state index in [1.165, 1.54) is 6.20 Å². The number of aliphatic hydroxyl groups is 1. The number of pyridine rings is 1. The fourth-order valence-electron chi connectivity index (χ4n) is 4.88. The van der Waals surface area contributed by atoms with Crippen molar-refractivity contribution in [2.75, 3.05) is 11.9 Å². The Morgan fingerprint density at radius 3 is 2.87 bits per heavy atom. The van der Waals surface area contributed by atoms with E-state index in [0.29, 0.717) is 53.7 Å². The summed E-state index contributed by atoms with van der Waals surface area (Å²) >= 11 is 6.29. The molecule has 162 valence electrons. The third-order valence-corrected chi connectivity index (χ3v) is 6.54. The first kappa shape index (κ1) is 20.3. The van der Waals surface area contributed by atoms with E-state index < -0.39 is 11.5 Å². The Morgan fingerprint density at radius 2 is 2.16 bits per heavy atom. The SMILES string of the molecule is CC(C)(O)C(C1CC1)N1Cc2cccc(NC(=O)c3c(Cl)cnc4c3CCO4)c2C1=O. The predicted molar refractivity (Wildman–Crippen MR) is 116 cm³/mol. The summed E-state index contributed by atoms with van der Waals surface area (Å²) in [6.45, 7) is 4.38. The molecule has 5 rings (SSSR count). The number of nitrogens with zero attached hydrogens (tertiary/aromatic N) is 2. The number of hydrogen-bond acceptors (Lipinski definition) is 5. The van der Waals surface area contributed by atoms with E-state index in [0.717, 1.165) is 18.4 Å². The van der Waals surface area contributed by atoms with Gasteiger partial charge in [-0.25, -0.2) is 4.98 Å². The van der Waals surface area contributed by atoms with Gasteiger partial charge in [0.2, 0.25) is 5.88 Å². The summed E-state index contributed by atoms with van der Waals surface area (Å²) < 4.78 is 5.45. The maximum Gasteiger partial charge on any atom is 0.257 e. The molecule has 7 nitrogen and oxygen atoms in total. The van der Waals surface area contributed by atoms with Gasteiger partial charge in [0.15, 0.2) is 0 Å². The fourth-order valence-corrected chi connectivity index (χ4v) is 5.13. The first-order valence-corrected chi connectivity index (χ1v) is 10.9. The van der Waals surface area contributed by atoms with Gasteiger partial charge in [0.25, 0.3) is 11.8 Å². The molecule has 0 spiro atoms. The Hall–Kier alpha value is -2.64. The van der Waals surface area contributed by atoms with E-state index in [-0.39, 0.29) is 17.0 Å². The van der Waals surface area contributed by atoms with Crippen molar-refractivity contribution in [1.29, 1.82) is 0 Å². The third-order valence-electron chi connectivity index (χ3n) is 6.25. The number of halogens is 1. The van der Waals surface area contributed by atoms with Crippen molar-refractivity contribution in [2.45, 2.75) is 51.3 Å². The molecule has 2 N–H and O–H groups in total. The smallest absolute Gasteiger partial charge is 0.257 e. The standard InChI is InChI=1S/C23H24ClN3O4/c1-23(2,30)19(12-6-7-12)27-11-13-4-3-5-16(17(13)22(27)29)26-20(28)18-14-8-9-31-21(14)25-10-15(18)24/h3-5,10,12,19,30H,6-9,11H2,1-2H3,(H,26,28). The van der Waals surface area contributed by atoms with E-state index in [4.69, 9.17) is 16.3 Å². The number of benzene rings is 1. The van der Waals surface area contributed by atoms with Crippen LogP contribution in [0.5, 0.6) is 5.88 Å². The molecule has 3 aliphatic rings. The lowest BCUT2D eigenvalue weighted by atomic mass is 9.93. The van der Waals surface area contributed by atoms with E-state index in [9.17, 15) is 14.7 Å². The Bertz CT molecular complexity index is 1090. The largest absolute Gasteiger partial charge is 0.477 e. The molecule has 2 aliphatic heterocycles. The molecular weight excluding hydrogens is 418 g/mol. The molecule has 1 aliphatic carbocycles. The van der Waals surface area contributed by atoms with Crippen LogP contribution < -0.4 is 10.1 Å². The zero-order valence-corrected chi connectivity index (χ0v) is 18.2. The number of carbonyl (C=O) groups excluding carboxylic acids is 2. The van der Waals surface area contributed by atoms with Crippen LogP contribution in [0.25, 0.3) is 0 Å². The average Bonchev–Trinajstić information content (AvgIpc) is 3.30. The van der Waals surface area contributed by atoms with Gasteiger partial charge >= 0.3 is 0 Å². The van der Waals surface area contributed by atoms with Crippen LogP contribution in [-0.4, -0.2) is 45.1 Å². The van der Waals surface area contributed by atoms with Crippen LogP contribution in [0.3, 0.4) is 0 Å². The molecule has 1 saturated carbocycles. The van der Waals surface area contributed by atoms with Gasteiger partial charge in [-0.2, -0.15) is 0 Å². The third kappa shape index (κ3) is 3.46. The van der Waals surface area contributed by atoms with Crippen LogP contribution >= 0.6 is 11.6 Å². The zero-order valence-electron chi connectivity index (χ0n) is 17.4. The Morgan fingerprint density at radius 1 is 1.39 bits per heavy atom. The monoisotopic (exact) mass is 441 g/mol. The molecule has 1 atom stereocenters. The summed E-state index contributed by atoms with van der Waals surface area (Å²) in [6.07, 6.45) is 3.98. The predicted octanol–water partition coefficient (Wildman–Crippen LogP) is 3.43. The highest BCUT2D eigenvalue weighted by atomic mass is 35.5. The summed E-state index contributed by atoms with van der Waals surface area (Å²) in [5, 5.41) is 13.9. The van der Waals surface area contributed by atoms with Gasteiger partial charge in [0.05, 0.1) is 46.3 Å². The lowest BCUT2D eigenvalue weighted by Crippen LogP contribution is -2.51. The molecule has 31 heavy (non-hydrogen) atoms. The van der Waals surface area contributed by atoms with Crippen molar-refractivity contribution in [1.82, 2.24) is 9.88 Å². The summed E-state index contributed by atoms with van der Waals surface area (Å²) in [7, 11) is 0. The number of aromatic nitrogens is 1. The van der Waals surface area contributed by atoms with Crippen LogP contribution in [0.4, 0.5) is 5.69 Å². The van der Waals surface area contributed by atoms with Crippen molar-refractivity contribution in [3.8, 4) is 5.88 Å². The molecule has 8 heteroatoms. The van der Waals surface area contributed by atoms with Crippen molar-refractivity contribution < 1.29 is 19.4 Å². The van der Waals surface area contributed by atoms with E-state index in [1.54, 1.807) is 24.8 Å². The molecule has 2 amide bonds. The van der Waals surface area contributed by atoms with Gasteiger partial charge in [-0.3, -0.25) is 9.59 Å². The van der Waals surface area contributed by atoms with Gasteiger partial charge in [-0.15, -0.1) is 0 Å². The Kier molecular flexibility index (Phi) is 4.71. The van der Waals surface area contributed by atoms with Crippen LogP contribution in [0.1, 0.15) is 58.5 Å². The van der Waals surface area contributed by atoms with Crippen LogP contribution in [0.2, 0.25) is 5.02 Å². The lowest BCUT2D eigenvalue weighted by Gasteiger charge is -2.37. The van der Waals surface area contributed by atoms with Crippen LogP contribution in [0.15, 0.2) is 24.4 Å². The second kappa shape index (κ2) is 7.21. The first-order chi connectivity index (χ1) is 14.8. The van der Waals surface area contributed by atoms with E-state index >= 15 is 0 Å². The molecule has 1 aromatic carbocycles. The van der Waals surface area contributed by atoms with Crippen LogP contribution in [0, 0.1) is 5.92 Å². The molecule has 1 fully saturated rings. The Balaban J connectivity index is 1.46. The van der Waals surface area contributed by atoms with Crippen molar-refractivity contribution >= 4 is 29.1 Å². The number of ether oxygens (including phenoxy) is 1. The molecule has 0 saturated heterocycles. The van der Waals surface area contributed by atoms with Gasteiger partial charge in [-0.05, 0) is 44.2 Å². The quantitative estimate of drug-likeness (QED) is 0.741. The number of rotatable bonds is 5. The second-order valence-corrected chi connectivity index (χ2v) is 9.43. The number of hydrogen-bond donors (Lipinski definition) is 2. The van der Waals surface area contributed by atoms with Crippen molar-refractivity contribution in [3.05, 3.63) is 51.7 Å². The van der Waals surface area contributed by atoms with Gasteiger partial charge < -0.3 is 20.1 Å². The number of carbonyl (C=O) groups is 2. The van der Waals surface area contributed by atoms with Crippen molar-refractivity contribution in [3.63, 3.8) is 0 Å². The fraction of sp³-hybridized carbons (Fsp3) is 0.435. The highest BCUT2D eigenvalue weighted by Crippen LogP contribution is 2.44. The van der Waals surface area contributed by atoms with Crippen molar-refractivity contribution in [2.24, 2.45) is 5.92 Å². The molecule has 2 aromatic rings. The zero-order chi connectivity index (χ0) is 21.9. The van der Waals surface area contributed by atoms with E-state index in [2.05, 4.69) is 10.3 Å². The average molecular weight is 442 g/mol. The number of nitrogens with one attached hydrogen (secondary N) is 1. The summed E-state index contributed by atoms with van der Waals surface area (Å²) in [6, 6.07) is 5.18. The number of anilines is 1. The molecule has 0 radical (unpaired) electrons. The maximum absolute atomic E-state index is 13.4. The Labute approximate surface area is 185 Å². The minimum Gasteiger partial charge on any atom is -0.477 e. The molecule has 3 heterocycles. The molecule has 0 bridgehead atoms. The summed E-state index contributed by atoms with van der Waals surface area (Å²) in [5.74, 6) is 0.163. The highest BCUT2D eigenvalue weighted by molar-refractivity contribution is 6.34. The lowest BCUT2D eigenvalue weighted by molar-refractivity contribution is -0.0224. The van der Waals surface area contributed by atoms with Crippen LogP contribution in [-0.2, 0) is 13.0 Å². The first-order valence-electron chi connectivity index (χ1n) is 10.5.